The topological polar surface area (TPSA) is 57.6 Å². The van der Waals surface area contributed by atoms with E-state index in [0.29, 0.717) is 6.42 Å². The lowest BCUT2D eigenvalue weighted by Gasteiger charge is -2.27. The van der Waals surface area contributed by atoms with Gasteiger partial charge >= 0.3 is 5.97 Å². The molecule has 1 aliphatic heterocycles. The van der Waals surface area contributed by atoms with Gasteiger partial charge in [0.1, 0.15) is 16.2 Å². The van der Waals surface area contributed by atoms with E-state index in [1.807, 2.05) is 6.92 Å². The zero-order chi connectivity index (χ0) is 18.0. The largest absolute Gasteiger partial charge is 0.480 e. The van der Waals surface area contributed by atoms with Crippen molar-refractivity contribution in [3.8, 4) is 0 Å². The monoisotopic (exact) mass is 387 g/mol. The second kappa shape index (κ2) is 7.63. The van der Waals surface area contributed by atoms with E-state index in [-0.39, 0.29) is 25.7 Å². The fraction of sp³-hybridized carbons (Fsp3) is 0.312. The van der Waals surface area contributed by atoms with E-state index in [4.69, 9.17) is 23.8 Å². The van der Waals surface area contributed by atoms with Gasteiger partial charge in [-0.15, -0.1) is 0 Å². The molecule has 2 rings (SSSR count). The van der Waals surface area contributed by atoms with Gasteiger partial charge in [-0.05, 0) is 24.1 Å². The van der Waals surface area contributed by atoms with E-state index in [0.717, 1.165) is 16.7 Å². The number of amides is 1. The van der Waals surface area contributed by atoms with Crippen molar-refractivity contribution in [2.45, 2.75) is 26.3 Å². The van der Waals surface area contributed by atoms with Crippen LogP contribution in [0.25, 0.3) is 6.08 Å². The predicted octanol–water partition coefficient (Wildman–Crippen LogP) is 4.18. The van der Waals surface area contributed by atoms with Crippen molar-refractivity contribution in [2.75, 3.05) is 0 Å². The fourth-order valence-electron chi connectivity index (χ4n) is 2.33. The molecule has 0 spiro atoms. The van der Waals surface area contributed by atoms with Gasteiger partial charge in [0.15, 0.2) is 0 Å². The van der Waals surface area contributed by atoms with Crippen LogP contribution in [0.1, 0.15) is 25.8 Å². The molecule has 0 unspecified atom stereocenters. The van der Waals surface area contributed by atoms with Crippen LogP contribution in [0.4, 0.5) is 4.39 Å². The minimum atomic E-state index is -1.12. The molecular formula is C16H15ClFNO3S2. The van der Waals surface area contributed by atoms with Gasteiger partial charge in [-0.25, -0.2) is 9.18 Å². The van der Waals surface area contributed by atoms with Crippen molar-refractivity contribution in [2.24, 2.45) is 5.92 Å². The molecule has 0 aromatic heterocycles. The molecule has 128 valence electrons. The van der Waals surface area contributed by atoms with Crippen LogP contribution >= 0.6 is 35.6 Å². The van der Waals surface area contributed by atoms with Crippen molar-refractivity contribution >= 4 is 57.9 Å². The summed E-state index contributed by atoms with van der Waals surface area (Å²) in [6.45, 7) is 3.59. The molecule has 1 saturated heterocycles. The highest BCUT2D eigenvalue weighted by atomic mass is 35.5. The molecule has 0 radical (unpaired) electrons. The molecule has 1 heterocycles. The van der Waals surface area contributed by atoms with Gasteiger partial charge in [-0.3, -0.25) is 9.69 Å². The molecule has 1 aromatic rings. The third-order valence-electron chi connectivity index (χ3n) is 3.81. The predicted molar refractivity (Wildman–Crippen MR) is 97.3 cm³/mol. The first-order valence-electron chi connectivity index (χ1n) is 7.21. The summed E-state index contributed by atoms with van der Waals surface area (Å²) in [7, 11) is 0. The second-order valence-electron chi connectivity index (χ2n) is 5.36. The minimum absolute atomic E-state index is 0.0788. The van der Waals surface area contributed by atoms with Gasteiger partial charge in [-0.1, -0.05) is 61.9 Å². The Morgan fingerprint density at radius 2 is 2.21 bits per heavy atom. The van der Waals surface area contributed by atoms with Crippen molar-refractivity contribution in [1.29, 1.82) is 0 Å². The zero-order valence-corrected chi connectivity index (χ0v) is 15.3. The van der Waals surface area contributed by atoms with Crippen LogP contribution in [-0.4, -0.2) is 32.2 Å². The number of rotatable bonds is 5. The molecule has 1 aliphatic rings. The van der Waals surface area contributed by atoms with Crippen LogP contribution in [0.15, 0.2) is 23.1 Å². The van der Waals surface area contributed by atoms with Crippen molar-refractivity contribution in [3.63, 3.8) is 0 Å². The summed E-state index contributed by atoms with van der Waals surface area (Å²) in [5.41, 5.74) is 0.0788. The molecule has 0 aliphatic carbocycles. The molecule has 1 aromatic carbocycles. The maximum atomic E-state index is 13.9. The first-order chi connectivity index (χ1) is 11.3. The number of thiocarbonyl (C=S) groups is 1. The lowest BCUT2D eigenvalue weighted by molar-refractivity contribution is -0.147. The maximum absolute atomic E-state index is 13.9. The molecule has 8 heteroatoms. The molecule has 4 nitrogen and oxygen atoms in total. The van der Waals surface area contributed by atoms with Gasteiger partial charge in [-0.2, -0.15) is 0 Å². The molecule has 0 bridgehead atoms. The first kappa shape index (κ1) is 18.9. The molecule has 2 atom stereocenters. The number of benzene rings is 1. The maximum Gasteiger partial charge on any atom is 0.327 e. The van der Waals surface area contributed by atoms with E-state index in [9.17, 15) is 19.1 Å². The standard InChI is InChI=1S/C16H15ClFNO3S2/c1-3-8(2)13(15(21)22)19-14(20)12(24-16(19)23)7-9-10(17)5-4-6-11(9)18/h4-8,13H,3H2,1-2H3,(H,21,22)/b12-7-/t8-,13-/m0/s1. The van der Waals surface area contributed by atoms with Gasteiger partial charge in [0.2, 0.25) is 0 Å². The van der Waals surface area contributed by atoms with Crippen LogP contribution in [0, 0.1) is 11.7 Å². The van der Waals surface area contributed by atoms with Crippen LogP contribution in [0.3, 0.4) is 0 Å². The Morgan fingerprint density at radius 1 is 1.54 bits per heavy atom. The molecule has 24 heavy (non-hydrogen) atoms. The van der Waals surface area contributed by atoms with Gasteiger partial charge in [0, 0.05) is 5.56 Å². The summed E-state index contributed by atoms with van der Waals surface area (Å²) in [6, 6.07) is 3.15. The van der Waals surface area contributed by atoms with Gasteiger partial charge < -0.3 is 5.11 Å². The Labute approximate surface area is 153 Å². The summed E-state index contributed by atoms with van der Waals surface area (Å²) in [5.74, 6) is -2.51. The Bertz CT molecular complexity index is 718. The summed E-state index contributed by atoms with van der Waals surface area (Å²) in [5, 5.41) is 9.64. The van der Waals surface area contributed by atoms with E-state index in [2.05, 4.69) is 0 Å². The van der Waals surface area contributed by atoms with Crippen molar-refractivity contribution < 1.29 is 19.1 Å². The van der Waals surface area contributed by atoms with Crippen LogP contribution < -0.4 is 0 Å². The SMILES string of the molecule is CC[C@H](C)[C@@H](C(=O)O)N1C(=O)/C(=C/c2c(F)cccc2Cl)SC1=S. The van der Waals surface area contributed by atoms with Gasteiger partial charge in [0.05, 0.1) is 9.93 Å². The average molecular weight is 388 g/mol. The van der Waals surface area contributed by atoms with Crippen molar-refractivity contribution in [1.82, 2.24) is 4.90 Å². The number of carboxylic acids is 1. The molecule has 0 saturated carbocycles. The highest BCUT2D eigenvalue weighted by Crippen LogP contribution is 2.37. The van der Waals surface area contributed by atoms with E-state index < -0.39 is 23.7 Å². The minimum Gasteiger partial charge on any atom is -0.480 e. The lowest BCUT2D eigenvalue weighted by atomic mass is 9.98. The Balaban J connectivity index is 2.42. The highest BCUT2D eigenvalue weighted by molar-refractivity contribution is 8.26. The quantitative estimate of drug-likeness (QED) is 0.606. The zero-order valence-electron chi connectivity index (χ0n) is 13.0. The smallest absolute Gasteiger partial charge is 0.327 e. The number of nitrogens with zero attached hydrogens (tertiary/aromatic N) is 1. The number of carboxylic acid groups (broad SMARTS) is 1. The fourth-order valence-corrected chi connectivity index (χ4v) is 3.86. The molecule has 1 amide bonds. The average Bonchev–Trinajstić information content (AvgIpc) is 2.78. The van der Waals surface area contributed by atoms with Gasteiger partial charge in [0.25, 0.3) is 5.91 Å². The third-order valence-corrected chi connectivity index (χ3v) is 5.47. The van der Waals surface area contributed by atoms with Crippen LogP contribution in [-0.2, 0) is 9.59 Å². The highest BCUT2D eigenvalue weighted by Gasteiger charge is 2.42. The number of thioether (sulfide) groups is 1. The van der Waals surface area contributed by atoms with E-state index in [1.54, 1.807) is 6.92 Å². The lowest BCUT2D eigenvalue weighted by Crippen LogP contribution is -2.47. The Hall–Kier alpha value is -1.44. The summed E-state index contributed by atoms with van der Waals surface area (Å²) in [4.78, 5) is 25.5. The number of carbonyl (C=O) groups is 2. The first-order valence-corrected chi connectivity index (χ1v) is 8.82. The second-order valence-corrected chi connectivity index (χ2v) is 7.44. The van der Waals surface area contributed by atoms with Crippen LogP contribution in [0.5, 0.6) is 0 Å². The normalized spacial score (nSPS) is 19.0. The summed E-state index contributed by atoms with van der Waals surface area (Å²) < 4.78 is 14.0. The molecular weight excluding hydrogens is 373 g/mol. The Kier molecular flexibility index (Phi) is 6.01. The number of hydrogen-bond donors (Lipinski definition) is 1. The number of carbonyl (C=O) groups excluding carboxylic acids is 1. The molecule has 1 N–H and O–H groups in total. The molecule has 1 fully saturated rings. The third kappa shape index (κ3) is 3.63. The van der Waals surface area contributed by atoms with E-state index >= 15 is 0 Å². The van der Waals surface area contributed by atoms with Crippen molar-refractivity contribution in [3.05, 3.63) is 39.5 Å². The number of aliphatic carboxylic acids is 1. The summed E-state index contributed by atoms with van der Waals surface area (Å²) in [6.07, 6.45) is 1.89. The number of hydrogen-bond acceptors (Lipinski definition) is 4. The number of halogens is 2. The van der Waals surface area contributed by atoms with Crippen LogP contribution in [0.2, 0.25) is 5.02 Å². The van der Waals surface area contributed by atoms with E-state index in [1.165, 1.54) is 24.3 Å². The summed E-state index contributed by atoms with van der Waals surface area (Å²) >= 11 is 12.1. The Morgan fingerprint density at radius 3 is 2.75 bits per heavy atom.